The van der Waals surface area contributed by atoms with Crippen LogP contribution in [-0.2, 0) is 13.1 Å². The number of methoxy groups -OCH3 is 3. The highest BCUT2D eigenvalue weighted by atomic mass is 16.5. The quantitative estimate of drug-likeness (QED) is 0.524. The van der Waals surface area contributed by atoms with Gasteiger partial charge in [0, 0.05) is 39.3 Å². The maximum atomic E-state index is 5.48. The van der Waals surface area contributed by atoms with E-state index in [1.807, 2.05) is 24.3 Å². The van der Waals surface area contributed by atoms with Crippen molar-refractivity contribution in [2.45, 2.75) is 20.0 Å². The van der Waals surface area contributed by atoms with Gasteiger partial charge >= 0.3 is 0 Å². The first-order valence-corrected chi connectivity index (χ1v) is 10.2. The molecule has 0 bridgehead atoms. The Morgan fingerprint density at radius 1 is 1.07 bits per heavy atom. The van der Waals surface area contributed by atoms with Crippen molar-refractivity contribution >= 4 is 5.96 Å². The number of hydrogen-bond acceptors (Lipinski definition) is 6. The third-order valence-corrected chi connectivity index (χ3v) is 5.10. The van der Waals surface area contributed by atoms with E-state index in [-0.39, 0.29) is 0 Å². The van der Waals surface area contributed by atoms with E-state index in [4.69, 9.17) is 23.6 Å². The SMILES string of the molecule is CCNC(=NCc1ccco1)N1CCN(Cc2cc(OC)c(OC)c(OC)c2)CC1. The molecule has 1 saturated heterocycles. The highest BCUT2D eigenvalue weighted by molar-refractivity contribution is 5.80. The molecule has 1 aliphatic rings. The van der Waals surface area contributed by atoms with Crippen molar-refractivity contribution < 1.29 is 18.6 Å². The first kappa shape index (κ1) is 21.8. The van der Waals surface area contributed by atoms with Crippen LogP contribution in [0.2, 0.25) is 0 Å². The van der Waals surface area contributed by atoms with Crippen LogP contribution >= 0.6 is 0 Å². The number of nitrogens with one attached hydrogen (secondary N) is 1. The standard InChI is InChI=1S/C22H32N4O4/c1-5-23-22(24-15-18-7-6-12-30-18)26-10-8-25(9-11-26)16-17-13-19(27-2)21(29-4)20(14-17)28-3/h6-7,12-14H,5,8-11,15-16H2,1-4H3,(H,23,24). The van der Waals surface area contributed by atoms with Gasteiger partial charge in [-0.3, -0.25) is 4.90 Å². The number of furan rings is 1. The van der Waals surface area contributed by atoms with E-state index in [2.05, 4.69) is 22.0 Å². The highest BCUT2D eigenvalue weighted by Gasteiger charge is 2.21. The number of piperazine rings is 1. The van der Waals surface area contributed by atoms with Gasteiger partial charge in [0.05, 0.1) is 27.6 Å². The molecule has 0 radical (unpaired) electrons. The van der Waals surface area contributed by atoms with E-state index in [0.29, 0.717) is 23.8 Å². The second kappa shape index (κ2) is 10.8. The van der Waals surface area contributed by atoms with Crippen LogP contribution in [0, 0.1) is 0 Å². The number of rotatable bonds is 8. The minimum atomic E-state index is 0.543. The van der Waals surface area contributed by atoms with Crippen LogP contribution in [0.3, 0.4) is 0 Å². The minimum Gasteiger partial charge on any atom is -0.493 e. The van der Waals surface area contributed by atoms with Crippen molar-refractivity contribution in [3.8, 4) is 17.2 Å². The fourth-order valence-corrected chi connectivity index (χ4v) is 3.58. The molecule has 0 atom stereocenters. The van der Waals surface area contributed by atoms with E-state index < -0.39 is 0 Å². The smallest absolute Gasteiger partial charge is 0.203 e. The fraction of sp³-hybridized carbons (Fsp3) is 0.500. The van der Waals surface area contributed by atoms with E-state index in [9.17, 15) is 0 Å². The van der Waals surface area contributed by atoms with Crippen LogP contribution in [0.1, 0.15) is 18.2 Å². The molecule has 8 heteroatoms. The van der Waals surface area contributed by atoms with Crippen molar-refractivity contribution in [3.63, 3.8) is 0 Å². The average molecular weight is 417 g/mol. The zero-order valence-corrected chi connectivity index (χ0v) is 18.3. The van der Waals surface area contributed by atoms with Crippen LogP contribution in [0.5, 0.6) is 17.2 Å². The lowest BCUT2D eigenvalue weighted by molar-refractivity contribution is 0.172. The maximum absolute atomic E-state index is 5.48. The van der Waals surface area contributed by atoms with Crippen molar-refractivity contribution in [1.82, 2.24) is 15.1 Å². The molecule has 0 aliphatic carbocycles. The predicted molar refractivity (Wildman–Crippen MR) is 116 cm³/mol. The molecule has 0 saturated carbocycles. The molecule has 3 rings (SSSR count). The number of guanidine groups is 1. The Balaban J connectivity index is 1.61. The molecule has 0 amide bonds. The van der Waals surface area contributed by atoms with Gasteiger partial charge in [0.1, 0.15) is 12.3 Å². The third kappa shape index (κ3) is 5.38. The summed E-state index contributed by atoms with van der Waals surface area (Å²) in [5, 5.41) is 3.39. The summed E-state index contributed by atoms with van der Waals surface area (Å²) >= 11 is 0. The fourth-order valence-electron chi connectivity index (χ4n) is 3.58. The summed E-state index contributed by atoms with van der Waals surface area (Å²) in [6, 6.07) is 7.87. The molecule has 8 nitrogen and oxygen atoms in total. The van der Waals surface area contributed by atoms with Gasteiger partial charge in [0.2, 0.25) is 5.75 Å². The second-order valence-corrected chi connectivity index (χ2v) is 7.05. The number of benzene rings is 1. The predicted octanol–water partition coefficient (Wildman–Crippen LogP) is 2.59. The van der Waals surface area contributed by atoms with Crippen LogP contribution in [0.15, 0.2) is 39.9 Å². The molecule has 1 aliphatic heterocycles. The van der Waals surface area contributed by atoms with Gasteiger partial charge in [-0.15, -0.1) is 0 Å². The molecular weight excluding hydrogens is 384 g/mol. The Morgan fingerprint density at radius 2 is 1.77 bits per heavy atom. The molecule has 2 heterocycles. The molecular formula is C22H32N4O4. The van der Waals surface area contributed by atoms with Gasteiger partial charge in [-0.1, -0.05) is 0 Å². The lowest BCUT2D eigenvalue weighted by Crippen LogP contribution is -2.52. The van der Waals surface area contributed by atoms with E-state index in [0.717, 1.165) is 56.6 Å². The molecule has 1 aromatic carbocycles. The topological polar surface area (TPSA) is 71.7 Å². The Hall–Kier alpha value is -2.87. The summed E-state index contributed by atoms with van der Waals surface area (Å²) in [6.07, 6.45) is 1.68. The molecule has 1 aromatic heterocycles. The Kier molecular flexibility index (Phi) is 7.84. The van der Waals surface area contributed by atoms with E-state index >= 15 is 0 Å². The first-order chi connectivity index (χ1) is 14.7. The van der Waals surface area contributed by atoms with Gasteiger partial charge in [0.25, 0.3) is 0 Å². The Labute approximate surface area is 178 Å². The largest absolute Gasteiger partial charge is 0.493 e. The summed E-state index contributed by atoms with van der Waals surface area (Å²) in [5.74, 6) is 3.79. The normalized spacial score (nSPS) is 15.2. The summed E-state index contributed by atoms with van der Waals surface area (Å²) in [7, 11) is 4.91. The lowest BCUT2D eigenvalue weighted by atomic mass is 10.1. The molecule has 30 heavy (non-hydrogen) atoms. The maximum Gasteiger partial charge on any atom is 0.203 e. The Bertz CT molecular complexity index is 790. The van der Waals surface area contributed by atoms with Gasteiger partial charge in [-0.2, -0.15) is 0 Å². The van der Waals surface area contributed by atoms with Crippen LogP contribution < -0.4 is 19.5 Å². The zero-order chi connectivity index (χ0) is 21.3. The molecule has 2 aromatic rings. The van der Waals surface area contributed by atoms with Crippen molar-refractivity contribution in [2.75, 3.05) is 54.1 Å². The second-order valence-electron chi connectivity index (χ2n) is 7.05. The van der Waals surface area contributed by atoms with Crippen LogP contribution in [-0.4, -0.2) is 69.8 Å². The Morgan fingerprint density at radius 3 is 2.30 bits per heavy atom. The molecule has 164 valence electrons. The van der Waals surface area contributed by atoms with Gasteiger partial charge in [-0.05, 0) is 36.8 Å². The van der Waals surface area contributed by atoms with E-state index in [1.165, 1.54) is 0 Å². The minimum absolute atomic E-state index is 0.543. The average Bonchev–Trinajstić information content (AvgIpc) is 3.30. The van der Waals surface area contributed by atoms with Crippen molar-refractivity contribution in [1.29, 1.82) is 0 Å². The van der Waals surface area contributed by atoms with Crippen LogP contribution in [0.25, 0.3) is 0 Å². The zero-order valence-electron chi connectivity index (χ0n) is 18.3. The number of ether oxygens (including phenoxy) is 3. The molecule has 1 N–H and O–H groups in total. The number of nitrogens with zero attached hydrogens (tertiary/aromatic N) is 3. The number of hydrogen-bond donors (Lipinski definition) is 1. The highest BCUT2D eigenvalue weighted by Crippen LogP contribution is 2.38. The summed E-state index contributed by atoms with van der Waals surface area (Å²) in [5.41, 5.74) is 1.14. The number of aliphatic imine (C=N–C) groups is 1. The molecule has 1 fully saturated rings. The van der Waals surface area contributed by atoms with Crippen LogP contribution in [0.4, 0.5) is 0 Å². The summed E-state index contributed by atoms with van der Waals surface area (Å²) in [4.78, 5) is 9.45. The summed E-state index contributed by atoms with van der Waals surface area (Å²) < 4.78 is 21.8. The lowest BCUT2D eigenvalue weighted by Gasteiger charge is -2.36. The molecule has 0 unspecified atom stereocenters. The van der Waals surface area contributed by atoms with E-state index in [1.54, 1.807) is 27.6 Å². The summed E-state index contributed by atoms with van der Waals surface area (Å²) in [6.45, 7) is 8.00. The van der Waals surface area contributed by atoms with Gasteiger partial charge < -0.3 is 28.8 Å². The van der Waals surface area contributed by atoms with Gasteiger partial charge in [0.15, 0.2) is 17.5 Å². The van der Waals surface area contributed by atoms with Gasteiger partial charge in [-0.25, -0.2) is 4.99 Å². The third-order valence-electron chi connectivity index (χ3n) is 5.10. The van der Waals surface area contributed by atoms with Crippen molar-refractivity contribution in [2.24, 2.45) is 4.99 Å². The molecule has 0 spiro atoms. The monoisotopic (exact) mass is 416 g/mol. The van der Waals surface area contributed by atoms with Crippen molar-refractivity contribution in [3.05, 3.63) is 41.9 Å². The first-order valence-electron chi connectivity index (χ1n) is 10.2.